The topological polar surface area (TPSA) is 67.9 Å². The number of ether oxygens (including phenoxy) is 2. The Labute approximate surface area is 171 Å². The number of hydrogen-bond donors (Lipinski definition) is 1. The Kier molecular flexibility index (Phi) is 5.92. The first-order valence-corrected chi connectivity index (χ1v) is 9.59. The van der Waals surface area contributed by atoms with Crippen molar-refractivity contribution in [2.24, 2.45) is 5.41 Å². The van der Waals surface area contributed by atoms with Crippen LogP contribution in [0.15, 0.2) is 55.1 Å². The first-order chi connectivity index (χ1) is 13.9. The second-order valence-corrected chi connectivity index (χ2v) is 7.47. The van der Waals surface area contributed by atoms with Gasteiger partial charge >= 0.3 is 0 Å². The summed E-state index contributed by atoms with van der Waals surface area (Å²) in [4.78, 5) is 27.2. The van der Waals surface area contributed by atoms with E-state index in [4.69, 9.17) is 9.47 Å². The molecule has 6 nitrogen and oxygen atoms in total. The lowest BCUT2D eigenvalue weighted by molar-refractivity contribution is -0.127. The largest absolute Gasteiger partial charge is 0.494 e. The van der Waals surface area contributed by atoms with Gasteiger partial charge in [0.25, 0.3) is 5.91 Å². The summed E-state index contributed by atoms with van der Waals surface area (Å²) in [6.07, 6.45) is 1.67. The molecule has 1 N–H and O–H groups in total. The van der Waals surface area contributed by atoms with Crippen LogP contribution < -0.4 is 19.7 Å². The van der Waals surface area contributed by atoms with Gasteiger partial charge in [-0.2, -0.15) is 0 Å². The zero-order valence-corrected chi connectivity index (χ0v) is 17.0. The summed E-state index contributed by atoms with van der Waals surface area (Å²) in [5.74, 6) is 1.02. The maximum absolute atomic E-state index is 13.0. The molecule has 6 heteroatoms. The Morgan fingerprint density at radius 1 is 1.28 bits per heavy atom. The zero-order chi connectivity index (χ0) is 21.0. The van der Waals surface area contributed by atoms with E-state index in [2.05, 4.69) is 11.9 Å². The lowest BCUT2D eigenvalue weighted by atomic mass is 9.93. The molecule has 0 atom stereocenters. The summed E-state index contributed by atoms with van der Waals surface area (Å²) in [5.41, 5.74) is 1.05. The monoisotopic (exact) mass is 394 g/mol. The number of nitrogens with zero attached hydrogens (tertiary/aromatic N) is 1. The molecule has 3 rings (SSSR count). The second kappa shape index (κ2) is 8.39. The number of carbonyl (C=O) groups excluding carboxylic acids is 2. The summed E-state index contributed by atoms with van der Waals surface area (Å²) in [6.45, 7) is 10.6. The molecule has 1 aliphatic heterocycles. The number of rotatable bonds is 6. The molecule has 2 amide bonds. The molecule has 0 fully saturated rings. The Hall–Kier alpha value is -3.28. The van der Waals surface area contributed by atoms with Gasteiger partial charge in [-0.3, -0.25) is 9.59 Å². The van der Waals surface area contributed by atoms with Crippen molar-refractivity contribution in [3.8, 4) is 11.5 Å². The van der Waals surface area contributed by atoms with Crippen LogP contribution in [0, 0.1) is 5.41 Å². The van der Waals surface area contributed by atoms with E-state index in [1.54, 1.807) is 53.4 Å². The number of hydrogen-bond acceptors (Lipinski definition) is 4. The number of anilines is 2. The van der Waals surface area contributed by atoms with Crippen LogP contribution in [0.25, 0.3) is 0 Å². The van der Waals surface area contributed by atoms with Gasteiger partial charge in [0.2, 0.25) is 5.91 Å². The molecular formula is C23H26N2O4. The maximum atomic E-state index is 13.0. The van der Waals surface area contributed by atoms with E-state index in [1.807, 2.05) is 20.8 Å². The van der Waals surface area contributed by atoms with Crippen molar-refractivity contribution in [1.29, 1.82) is 0 Å². The number of fused-ring (bicyclic) bond motifs is 1. The fourth-order valence-electron chi connectivity index (χ4n) is 3.11. The van der Waals surface area contributed by atoms with Gasteiger partial charge < -0.3 is 19.7 Å². The predicted octanol–water partition coefficient (Wildman–Crippen LogP) is 4.28. The van der Waals surface area contributed by atoms with Crippen molar-refractivity contribution in [3.63, 3.8) is 0 Å². The van der Waals surface area contributed by atoms with Crippen molar-refractivity contribution >= 4 is 23.2 Å². The number of amides is 2. The van der Waals surface area contributed by atoms with Gasteiger partial charge in [-0.25, -0.2) is 0 Å². The van der Waals surface area contributed by atoms with Gasteiger partial charge in [0, 0.05) is 17.8 Å². The third kappa shape index (κ3) is 4.42. The van der Waals surface area contributed by atoms with Crippen LogP contribution >= 0.6 is 0 Å². The molecular weight excluding hydrogens is 368 g/mol. The van der Waals surface area contributed by atoms with Crippen molar-refractivity contribution in [3.05, 3.63) is 60.7 Å². The van der Waals surface area contributed by atoms with Crippen LogP contribution in [0.2, 0.25) is 0 Å². The first kappa shape index (κ1) is 20.5. The van der Waals surface area contributed by atoms with Crippen molar-refractivity contribution < 1.29 is 19.1 Å². The molecule has 0 spiro atoms. The summed E-state index contributed by atoms with van der Waals surface area (Å²) in [6, 6.07) is 12.2. The third-order valence-corrected chi connectivity index (χ3v) is 4.66. The van der Waals surface area contributed by atoms with Gasteiger partial charge in [-0.15, -0.1) is 6.58 Å². The lowest BCUT2D eigenvalue weighted by Gasteiger charge is -2.27. The highest BCUT2D eigenvalue weighted by Gasteiger charge is 2.37. The van der Waals surface area contributed by atoms with Gasteiger partial charge in [0.05, 0.1) is 17.7 Å². The van der Waals surface area contributed by atoms with E-state index < -0.39 is 5.41 Å². The highest BCUT2D eigenvalue weighted by molar-refractivity contribution is 6.05. The molecule has 0 radical (unpaired) electrons. The van der Waals surface area contributed by atoms with Gasteiger partial charge in [0.15, 0.2) is 0 Å². The molecule has 2 aromatic rings. The first-order valence-electron chi connectivity index (χ1n) is 9.59. The standard InChI is InChI=1S/C23H26N2O4/c1-5-13-25-19-14-17(9-12-20(19)29-15-23(3,4)22(25)27)24-21(26)16-7-10-18(11-8-16)28-6-2/h5,7-12,14H,1,6,13,15H2,2-4H3,(H,24,26). The Morgan fingerprint density at radius 2 is 2.00 bits per heavy atom. The minimum atomic E-state index is -0.659. The quantitative estimate of drug-likeness (QED) is 0.743. The summed E-state index contributed by atoms with van der Waals surface area (Å²) in [7, 11) is 0. The molecule has 0 unspecified atom stereocenters. The van der Waals surface area contributed by atoms with E-state index in [0.717, 1.165) is 0 Å². The molecule has 0 saturated heterocycles. The fraction of sp³-hybridized carbons (Fsp3) is 0.304. The number of carbonyl (C=O) groups is 2. The molecule has 0 saturated carbocycles. The normalized spacial score (nSPS) is 15.0. The van der Waals surface area contributed by atoms with Gasteiger partial charge in [-0.05, 0) is 63.2 Å². The molecule has 152 valence electrons. The van der Waals surface area contributed by atoms with Crippen LogP contribution in [0.4, 0.5) is 11.4 Å². The van der Waals surface area contributed by atoms with Crippen molar-refractivity contribution in [2.75, 3.05) is 30.0 Å². The lowest BCUT2D eigenvalue weighted by Crippen LogP contribution is -2.42. The second-order valence-electron chi connectivity index (χ2n) is 7.47. The average molecular weight is 394 g/mol. The van der Waals surface area contributed by atoms with Gasteiger partial charge in [-0.1, -0.05) is 6.08 Å². The minimum Gasteiger partial charge on any atom is -0.494 e. The maximum Gasteiger partial charge on any atom is 0.255 e. The zero-order valence-electron chi connectivity index (χ0n) is 17.0. The van der Waals surface area contributed by atoms with Crippen LogP contribution in [0.3, 0.4) is 0 Å². The molecule has 1 aliphatic rings. The predicted molar refractivity (Wildman–Crippen MR) is 114 cm³/mol. The van der Waals surface area contributed by atoms with Crippen molar-refractivity contribution in [2.45, 2.75) is 20.8 Å². The summed E-state index contributed by atoms with van der Waals surface area (Å²) >= 11 is 0. The Balaban J connectivity index is 1.85. The van der Waals surface area contributed by atoms with Crippen LogP contribution in [-0.4, -0.2) is 31.6 Å². The SMILES string of the molecule is C=CCN1C(=O)C(C)(C)COc2ccc(NC(=O)c3ccc(OCC)cc3)cc21. The smallest absolute Gasteiger partial charge is 0.255 e. The molecule has 29 heavy (non-hydrogen) atoms. The Morgan fingerprint density at radius 3 is 2.66 bits per heavy atom. The van der Waals surface area contributed by atoms with Gasteiger partial charge in [0.1, 0.15) is 18.1 Å². The molecule has 0 aliphatic carbocycles. The minimum absolute atomic E-state index is 0.0499. The molecule has 2 aromatic carbocycles. The highest BCUT2D eigenvalue weighted by atomic mass is 16.5. The summed E-state index contributed by atoms with van der Waals surface area (Å²) in [5, 5.41) is 2.88. The molecule has 0 bridgehead atoms. The van der Waals surface area contributed by atoms with E-state index in [9.17, 15) is 9.59 Å². The highest BCUT2D eigenvalue weighted by Crippen LogP contribution is 2.38. The third-order valence-electron chi connectivity index (χ3n) is 4.66. The molecule has 0 aromatic heterocycles. The number of benzene rings is 2. The fourth-order valence-corrected chi connectivity index (χ4v) is 3.11. The van der Waals surface area contributed by atoms with E-state index in [1.165, 1.54) is 0 Å². The Bertz CT molecular complexity index is 919. The van der Waals surface area contributed by atoms with Crippen molar-refractivity contribution in [1.82, 2.24) is 0 Å². The van der Waals surface area contributed by atoms with Crippen LogP contribution in [0.5, 0.6) is 11.5 Å². The average Bonchev–Trinajstić information content (AvgIpc) is 2.79. The summed E-state index contributed by atoms with van der Waals surface area (Å²) < 4.78 is 11.3. The number of nitrogens with one attached hydrogen (secondary N) is 1. The van der Waals surface area contributed by atoms with E-state index in [-0.39, 0.29) is 18.4 Å². The van der Waals surface area contributed by atoms with Crippen LogP contribution in [0.1, 0.15) is 31.1 Å². The van der Waals surface area contributed by atoms with Crippen LogP contribution in [-0.2, 0) is 4.79 Å². The molecule has 1 heterocycles. The van der Waals surface area contributed by atoms with E-state index >= 15 is 0 Å². The van der Waals surface area contributed by atoms with E-state index in [0.29, 0.717) is 41.6 Å².